The van der Waals surface area contributed by atoms with E-state index in [0.717, 1.165) is 31.0 Å². The van der Waals surface area contributed by atoms with Crippen LogP contribution in [0.25, 0.3) is 20.5 Å². The van der Waals surface area contributed by atoms with Crippen LogP contribution < -0.4 is 0 Å². The van der Waals surface area contributed by atoms with Crippen molar-refractivity contribution in [3.05, 3.63) is 35.0 Å². The van der Waals surface area contributed by atoms with E-state index < -0.39 is 0 Å². The molecule has 3 aromatic heterocycles. The summed E-state index contributed by atoms with van der Waals surface area (Å²) >= 11 is 3.18. The molecule has 0 atom stereocenters. The van der Waals surface area contributed by atoms with Gasteiger partial charge in [0.25, 0.3) is 0 Å². The minimum Gasteiger partial charge on any atom is -0.469 e. The van der Waals surface area contributed by atoms with Gasteiger partial charge in [0.2, 0.25) is 0 Å². The Kier molecular flexibility index (Phi) is 3.85. The third kappa shape index (κ3) is 2.88. The van der Waals surface area contributed by atoms with Gasteiger partial charge >= 0.3 is 5.97 Å². The molecule has 0 aliphatic rings. The van der Waals surface area contributed by atoms with Crippen LogP contribution in [0.5, 0.6) is 0 Å². The fourth-order valence-electron chi connectivity index (χ4n) is 1.84. The molecule has 0 radical (unpaired) electrons. The van der Waals surface area contributed by atoms with Gasteiger partial charge in [-0.2, -0.15) is 0 Å². The highest BCUT2D eigenvalue weighted by Gasteiger charge is 2.15. The van der Waals surface area contributed by atoms with Crippen molar-refractivity contribution in [2.24, 2.45) is 0 Å². The fourth-order valence-corrected chi connectivity index (χ4v) is 3.79. The number of hydrogen-bond donors (Lipinski definition) is 0. The van der Waals surface area contributed by atoms with Crippen LogP contribution in [0.4, 0.5) is 0 Å². The van der Waals surface area contributed by atoms with Crippen LogP contribution in [0.1, 0.15) is 10.6 Å². The van der Waals surface area contributed by atoms with E-state index in [4.69, 9.17) is 4.52 Å². The maximum atomic E-state index is 11.4. The molecule has 0 amide bonds. The Hall–Kier alpha value is -1.99. The van der Waals surface area contributed by atoms with Crippen molar-refractivity contribution < 1.29 is 14.1 Å². The van der Waals surface area contributed by atoms with Gasteiger partial charge in [0.05, 0.1) is 29.0 Å². The Labute approximate surface area is 129 Å². The van der Waals surface area contributed by atoms with Crippen LogP contribution in [0, 0.1) is 6.92 Å². The molecule has 0 aromatic carbocycles. The molecule has 0 saturated carbocycles. The van der Waals surface area contributed by atoms with Gasteiger partial charge in [0, 0.05) is 10.9 Å². The predicted molar refractivity (Wildman–Crippen MR) is 81.4 cm³/mol. The Morgan fingerprint density at radius 2 is 2.10 bits per heavy atom. The molecule has 0 aliphatic carbocycles. The molecule has 7 heteroatoms. The second-order valence-corrected chi connectivity index (χ2v) is 6.61. The number of ether oxygens (including phenoxy) is 1. The lowest BCUT2D eigenvalue weighted by Crippen LogP contribution is -2.05. The molecule has 0 fully saturated rings. The summed E-state index contributed by atoms with van der Waals surface area (Å²) in [6, 6.07) is 5.83. The number of aromatic nitrogens is 2. The largest absolute Gasteiger partial charge is 0.469 e. The summed E-state index contributed by atoms with van der Waals surface area (Å²) in [6.45, 7) is 1.96. The first-order valence-corrected chi connectivity index (χ1v) is 7.84. The quantitative estimate of drug-likeness (QED) is 0.688. The molecule has 5 nitrogen and oxygen atoms in total. The van der Waals surface area contributed by atoms with Crippen molar-refractivity contribution in [1.29, 1.82) is 0 Å². The minimum absolute atomic E-state index is 0.209. The number of thiophene rings is 1. The molecule has 0 saturated heterocycles. The van der Waals surface area contributed by atoms with Gasteiger partial charge in [-0.05, 0) is 19.1 Å². The fraction of sp³-hybridized carbons (Fsp3) is 0.214. The van der Waals surface area contributed by atoms with Crippen molar-refractivity contribution >= 4 is 28.6 Å². The molecule has 0 spiro atoms. The van der Waals surface area contributed by atoms with Crippen molar-refractivity contribution in [2.75, 3.05) is 7.11 Å². The van der Waals surface area contributed by atoms with Crippen LogP contribution >= 0.6 is 22.7 Å². The average Bonchev–Trinajstić information content (AvgIpc) is 3.18. The molecule has 0 unspecified atom stereocenters. The first-order valence-electron chi connectivity index (χ1n) is 6.21. The third-order valence-electron chi connectivity index (χ3n) is 2.94. The summed E-state index contributed by atoms with van der Waals surface area (Å²) in [7, 11) is 1.38. The summed E-state index contributed by atoms with van der Waals surface area (Å²) < 4.78 is 9.54. The van der Waals surface area contributed by atoms with Gasteiger partial charge in [-0.1, -0.05) is 5.16 Å². The second-order valence-electron chi connectivity index (χ2n) is 4.32. The highest BCUT2D eigenvalue weighted by molar-refractivity contribution is 7.23. The van der Waals surface area contributed by atoms with Crippen LogP contribution in [0.3, 0.4) is 0 Å². The summed E-state index contributed by atoms with van der Waals surface area (Å²) in [5, 5.41) is 4.83. The zero-order chi connectivity index (χ0) is 14.8. The van der Waals surface area contributed by atoms with Crippen molar-refractivity contribution in [1.82, 2.24) is 10.1 Å². The number of hydrogen-bond acceptors (Lipinski definition) is 7. The molecule has 3 rings (SSSR count). The van der Waals surface area contributed by atoms with Gasteiger partial charge in [-0.25, -0.2) is 4.98 Å². The smallest absolute Gasteiger partial charge is 0.311 e. The van der Waals surface area contributed by atoms with Crippen LogP contribution in [-0.2, 0) is 16.0 Å². The lowest BCUT2D eigenvalue weighted by molar-refractivity contribution is -0.139. The van der Waals surface area contributed by atoms with E-state index in [9.17, 15) is 4.79 Å². The van der Waals surface area contributed by atoms with Crippen LogP contribution in [0.15, 0.2) is 29.0 Å². The molecule has 21 heavy (non-hydrogen) atoms. The number of carbonyl (C=O) groups is 1. The zero-order valence-corrected chi connectivity index (χ0v) is 13.1. The van der Waals surface area contributed by atoms with Crippen molar-refractivity contribution in [3.63, 3.8) is 0 Å². The Morgan fingerprint density at radius 1 is 1.29 bits per heavy atom. The lowest BCUT2D eigenvalue weighted by Gasteiger charge is -1.95. The van der Waals surface area contributed by atoms with Crippen LogP contribution in [-0.4, -0.2) is 23.2 Å². The second kappa shape index (κ2) is 5.79. The first-order chi connectivity index (χ1) is 10.2. The molecular weight excluding hydrogens is 308 g/mol. The Balaban J connectivity index is 1.87. The van der Waals surface area contributed by atoms with E-state index in [1.807, 2.05) is 25.1 Å². The topological polar surface area (TPSA) is 65.2 Å². The van der Waals surface area contributed by atoms with Gasteiger partial charge < -0.3 is 9.26 Å². The van der Waals surface area contributed by atoms with E-state index in [1.54, 1.807) is 28.9 Å². The van der Waals surface area contributed by atoms with Crippen LogP contribution in [0.2, 0.25) is 0 Å². The number of rotatable bonds is 4. The molecule has 0 aliphatic heterocycles. The zero-order valence-electron chi connectivity index (χ0n) is 11.5. The summed E-state index contributed by atoms with van der Waals surface area (Å²) in [6.07, 6.45) is 1.76. The number of aryl methyl sites for hydroxylation is 1. The summed E-state index contributed by atoms with van der Waals surface area (Å²) in [5.74, 6) is -0.274. The summed E-state index contributed by atoms with van der Waals surface area (Å²) in [4.78, 5) is 19.0. The van der Waals surface area contributed by atoms with E-state index in [2.05, 4.69) is 14.9 Å². The van der Waals surface area contributed by atoms with Gasteiger partial charge in [0.15, 0.2) is 0 Å². The minimum atomic E-state index is -0.274. The third-order valence-corrected chi connectivity index (χ3v) is 5.23. The Bertz CT molecular complexity index is 759. The highest BCUT2D eigenvalue weighted by atomic mass is 32.1. The Morgan fingerprint density at radius 3 is 2.81 bits per heavy atom. The number of thiazole rings is 1. The molecular formula is C14H12N2O3S2. The maximum absolute atomic E-state index is 11.4. The average molecular weight is 320 g/mol. The molecule has 3 aromatic rings. The van der Waals surface area contributed by atoms with E-state index in [0.29, 0.717) is 0 Å². The van der Waals surface area contributed by atoms with E-state index >= 15 is 0 Å². The molecule has 0 N–H and O–H groups in total. The van der Waals surface area contributed by atoms with E-state index in [1.165, 1.54) is 7.11 Å². The van der Waals surface area contributed by atoms with Gasteiger partial charge in [0.1, 0.15) is 17.0 Å². The number of esters is 1. The van der Waals surface area contributed by atoms with Gasteiger partial charge in [-0.3, -0.25) is 4.79 Å². The molecule has 0 bridgehead atoms. The number of nitrogens with zero attached hydrogens (tertiary/aromatic N) is 2. The predicted octanol–water partition coefficient (Wildman–Crippen LogP) is 3.55. The summed E-state index contributed by atoms with van der Waals surface area (Å²) in [5.41, 5.74) is 1.59. The molecule has 108 valence electrons. The van der Waals surface area contributed by atoms with Crippen molar-refractivity contribution in [2.45, 2.75) is 13.3 Å². The lowest BCUT2D eigenvalue weighted by atomic mass is 10.3. The first kappa shape index (κ1) is 14.0. The van der Waals surface area contributed by atoms with E-state index in [-0.39, 0.29) is 12.4 Å². The van der Waals surface area contributed by atoms with Crippen molar-refractivity contribution in [3.8, 4) is 20.5 Å². The number of carbonyl (C=O) groups excluding carboxylic acids is 1. The normalized spacial score (nSPS) is 10.8. The maximum Gasteiger partial charge on any atom is 0.311 e. The standard InChI is InChI=1S/C14H12N2O3S2/c1-8-10(7-13(17)18-2)15-14(20-8)12-4-3-11(21-12)9-5-6-19-16-9/h3-6H,7H2,1-2H3. The monoisotopic (exact) mass is 320 g/mol. The number of methoxy groups -OCH3 is 1. The molecule has 3 heterocycles. The van der Waals surface area contributed by atoms with Gasteiger partial charge in [-0.15, -0.1) is 22.7 Å². The SMILES string of the molecule is COC(=O)Cc1nc(-c2ccc(-c3ccon3)s2)sc1C. The highest BCUT2D eigenvalue weighted by Crippen LogP contribution is 2.36.